The lowest BCUT2D eigenvalue weighted by molar-refractivity contribution is -0.107. The quantitative estimate of drug-likeness (QED) is 0.299. The Labute approximate surface area is 126 Å². The second-order valence-corrected chi connectivity index (χ2v) is 6.71. The third kappa shape index (κ3) is 5.42. The smallest absolute Gasteiger partial charge is 0.119 e. The van der Waals surface area contributed by atoms with Gasteiger partial charge in [-0.05, 0) is 49.9 Å². The summed E-state index contributed by atoms with van der Waals surface area (Å²) in [5.74, 6) is 1.07. The Balaban J connectivity index is 0.000000206. The molecule has 0 aromatic carbocycles. The molecule has 0 unspecified atom stereocenters. The highest BCUT2D eigenvalue weighted by Crippen LogP contribution is 2.56. The Hall–Kier alpha value is -0.590. The van der Waals surface area contributed by atoms with E-state index < -0.39 is 0 Å². The van der Waals surface area contributed by atoms with E-state index in [-0.39, 0.29) is 0 Å². The number of rotatable bonds is 8. The van der Waals surface area contributed by atoms with Crippen molar-refractivity contribution in [2.75, 3.05) is 0 Å². The predicted octanol–water partition coefficient (Wildman–Crippen LogP) is 6.08. The molecule has 0 radical (unpaired) electrons. The number of unbranched alkanes of at least 4 members (excludes halogenated alkanes) is 5. The molecule has 116 valence electrons. The SMILES string of the molecule is C=CCC12CCCC1CCC2.CCCCCCCC=O. The topological polar surface area (TPSA) is 17.1 Å². The lowest BCUT2D eigenvalue weighted by Crippen LogP contribution is -2.18. The molecular weight excluding hydrogens is 244 g/mol. The van der Waals surface area contributed by atoms with Gasteiger partial charge in [-0.25, -0.2) is 0 Å². The van der Waals surface area contributed by atoms with E-state index in [1.807, 2.05) is 0 Å². The molecule has 0 aromatic heterocycles. The molecule has 2 rings (SSSR count). The van der Waals surface area contributed by atoms with Crippen LogP contribution in [0.15, 0.2) is 12.7 Å². The van der Waals surface area contributed by atoms with Crippen LogP contribution in [-0.2, 0) is 4.79 Å². The molecule has 0 N–H and O–H groups in total. The summed E-state index contributed by atoms with van der Waals surface area (Å²) in [6.45, 7) is 6.07. The van der Waals surface area contributed by atoms with Crippen molar-refractivity contribution in [3.63, 3.8) is 0 Å². The molecule has 0 aliphatic heterocycles. The molecule has 2 fully saturated rings. The van der Waals surface area contributed by atoms with Crippen LogP contribution in [0, 0.1) is 11.3 Å². The van der Waals surface area contributed by atoms with Crippen LogP contribution >= 0.6 is 0 Å². The van der Waals surface area contributed by atoms with Crippen LogP contribution in [0.4, 0.5) is 0 Å². The molecule has 0 heterocycles. The Morgan fingerprint density at radius 1 is 1.10 bits per heavy atom. The fourth-order valence-corrected chi connectivity index (χ4v) is 4.18. The van der Waals surface area contributed by atoms with Crippen LogP contribution in [0.3, 0.4) is 0 Å². The van der Waals surface area contributed by atoms with Gasteiger partial charge in [0.1, 0.15) is 6.29 Å². The average Bonchev–Trinajstić information content (AvgIpc) is 2.99. The van der Waals surface area contributed by atoms with Crippen molar-refractivity contribution in [1.29, 1.82) is 0 Å². The third-order valence-electron chi connectivity index (χ3n) is 5.30. The van der Waals surface area contributed by atoms with Gasteiger partial charge in [-0.1, -0.05) is 51.5 Å². The maximum Gasteiger partial charge on any atom is 0.119 e. The molecule has 0 spiro atoms. The Morgan fingerprint density at radius 3 is 2.30 bits per heavy atom. The predicted molar refractivity (Wildman–Crippen MR) is 87.9 cm³/mol. The molecule has 1 nitrogen and oxygen atoms in total. The standard InChI is InChI=1S/C11H18.C8H16O/c1-2-7-11-8-3-5-10(11)6-4-9-11;1-2-3-4-5-6-7-8-9/h2,10H,1,3-9H2;8H,2-7H2,1H3. The van der Waals surface area contributed by atoms with Crippen molar-refractivity contribution in [2.45, 2.75) is 90.4 Å². The minimum absolute atomic E-state index is 0.738. The minimum Gasteiger partial charge on any atom is -0.303 e. The second-order valence-electron chi connectivity index (χ2n) is 6.71. The molecule has 0 atom stereocenters. The first-order valence-corrected chi connectivity index (χ1v) is 8.83. The van der Waals surface area contributed by atoms with Crippen molar-refractivity contribution in [1.82, 2.24) is 0 Å². The molecule has 0 amide bonds. The molecule has 0 aromatic rings. The molecule has 20 heavy (non-hydrogen) atoms. The number of aldehydes is 1. The van der Waals surface area contributed by atoms with Gasteiger partial charge in [-0.3, -0.25) is 0 Å². The second kappa shape index (κ2) is 10.2. The van der Waals surface area contributed by atoms with E-state index in [0.29, 0.717) is 0 Å². The van der Waals surface area contributed by atoms with E-state index >= 15 is 0 Å². The van der Waals surface area contributed by atoms with Crippen LogP contribution in [0.2, 0.25) is 0 Å². The first kappa shape index (κ1) is 17.5. The summed E-state index contributed by atoms with van der Waals surface area (Å²) in [5, 5.41) is 0. The minimum atomic E-state index is 0.738. The molecule has 1 heteroatoms. The number of allylic oxidation sites excluding steroid dienone is 1. The molecule has 0 bridgehead atoms. The van der Waals surface area contributed by atoms with Gasteiger partial charge in [0.2, 0.25) is 0 Å². The van der Waals surface area contributed by atoms with Gasteiger partial charge in [-0.15, -0.1) is 6.58 Å². The largest absolute Gasteiger partial charge is 0.303 e. The Kier molecular flexibility index (Phi) is 8.89. The summed E-state index contributed by atoms with van der Waals surface area (Å²) >= 11 is 0. The highest BCUT2D eigenvalue weighted by Gasteiger charge is 2.44. The van der Waals surface area contributed by atoms with Gasteiger partial charge in [0.25, 0.3) is 0 Å². The van der Waals surface area contributed by atoms with Gasteiger partial charge in [0.15, 0.2) is 0 Å². The number of carbonyl (C=O) groups is 1. The average molecular weight is 278 g/mol. The zero-order valence-electron chi connectivity index (χ0n) is 13.5. The Morgan fingerprint density at radius 2 is 1.75 bits per heavy atom. The van der Waals surface area contributed by atoms with Crippen LogP contribution in [0.25, 0.3) is 0 Å². The summed E-state index contributed by atoms with van der Waals surface area (Å²) in [6.07, 6.45) is 20.4. The van der Waals surface area contributed by atoms with Crippen molar-refractivity contribution >= 4 is 6.29 Å². The van der Waals surface area contributed by atoms with Crippen molar-refractivity contribution < 1.29 is 4.79 Å². The summed E-state index contributed by atoms with van der Waals surface area (Å²) in [4.78, 5) is 9.84. The number of hydrogen-bond acceptors (Lipinski definition) is 1. The van der Waals surface area contributed by atoms with Crippen LogP contribution in [0.5, 0.6) is 0 Å². The van der Waals surface area contributed by atoms with E-state index in [1.165, 1.54) is 70.6 Å². The van der Waals surface area contributed by atoms with Crippen molar-refractivity contribution in [3.05, 3.63) is 12.7 Å². The van der Waals surface area contributed by atoms with Gasteiger partial charge < -0.3 is 4.79 Å². The maximum atomic E-state index is 9.84. The maximum absolute atomic E-state index is 9.84. The fourth-order valence-electron chi connectivity index (χ4n) is 4.18. The molecule has 0 saturated heterocycles. The fraction of sp³-hybridized carbons (Fsp3) is 0.842. The summed E-state index contributed by atoms with van der Waals surface area (Å²) < 4.78 is 0. The molecule has 2 saturated carbocycles. The van der Waals surface area contributed by atoms with E-state index in [4.69, 9.17) is 0 Å². The summed E-state index contributed by atoms with van der Waals surface area (Å²) in [5.41, 5.74) is 0.738. The molecule has 2 aliphatic rings. The number of carbonyl (C=O) groups excluding carboxylic acids is 1. The van der Waals surface area contributed by atoms with Gasteiger partial charge in [-0.2, -0.15) is 0 Å². The molecular formula is C19H34O. The van der Waals surface area contributed by atoms with Crippen LogP contribution in [0.1, 0.15) is 90.4 Å². The first-order valence-electron chi connectivity index (χ1n) is 8.83. The molecule has 2 aliphatic carbocycles. The number of hydrogen-bond donors (Lipinski definition) is 0. The highest BCUT2D eigenvalue weighted by atomic mass is 16.1. The van der Waals surface area contributed by atoms with E-state index in [9.17, 15) is 4.79 Å². The lowest BCUT2D eigenvalue weighted by Gasteiger charge is -2.27. The van der Waals surface area contributed by atoms with E-state index in [0.717, 1.165) is 30.5 Å². The lowest BCUT2D eigenvalue weighted by atomic mass is 9.77. The van der Waals surface area contributed by atoms with Gasteiger partial charge in [0, 0.05) is 6.42 Å². The Bertz CT molecular complexity index is 259. The van der Waals surface area contributed by atoms with Gasteiger partial charge in [0.05, 0.1) is 0 Å². The summed E-state index contributed by atoms with van der Waals surface area (Å²) in [7, 11) is 0. The first-order chi connectivity index (χ1) is 9.79. The zero-order chi connectivity index (χ0) is 14.7. The van der Waals surface area contributed by atoms with Crippen LogP contribution in [-0.4, -0.2) is 6.29 Å². The zero-order valence-corrected chi connectivity index (χ0v) is 13.5. The monoisotopic (exact) mass is 278 g/mol. The van der Waals surface area contributed by atoms with E-state index in [2.05, 4.69) is 19.6 Å². The van der Waals surface area contributed by atoms with E-state index in [1.54, 1.807) is 0 Å². The third-order valence-corrected chi connectivity index (χ3v) is 5.30. The summed E-state index contributed by atoms with van der Waals surface area (Å²) in [6, 6.07) is 0. The van der Waals surface area contributed by atoms with Crippen molar-refractivity contribution in [3.8, 4) is 0 Å². The number of fused-ring (bicyclic) bond motifs is 1. The normalized spacial score (nSPS) is 27.6. The van der Waals surface area contributed by atoms with Crippen LogP contribution < -0.4 is 0 Å². The highest BCUT2D eigenvalue weighted by molar-refractivity contribution is 5.48. The van der Waals surface area contributed by atoms with Gasteiger partial charge >= 0.3 is 0 Å². The van der Waals surface area contributed by atoms with Crippen molar-refractivity contribution in [2.24, 2.45) is 11.3 Å².